The summed E-state index contributed by atoms with van der Waals surface area (Å²) in [6.45, 7) is -0.226. The van der Waals surface area contributed by atoms with Gasteiger partial charge in [-0.2, -0.15) is 0 Å². The number of hydrogen-bond acceptors (Lipinski definition) is 3. The molecule has 2 saturated heterocycles. The fraction of sp³-hybridized carbons (Fsp3) is 0.611. The number of carbonyl (C=O) groups excluding carboxylic acids is 1. The number of benzene rings is 1. The van der Waals surface area contributed by atoms with Crippen molar-refractivity contribution in [2.75, 3.05) is 6.61 Å². The molecule has 1 aromatic carbocycles. The van der Waals surface area contributed by atoms with E-state index in [1.165, 1.54) is 12.8 Å². The Balaban J connectivity index is 1.43. The van der Waals surface area contributed by atoms with Gasteiger partial charge in [-0.3, -0.25) is 4.79 Å². The summed E-state index contributed by atoms with van der Waals surface area (Å²) in [6, 6.07) is 8.09. The highest BCUT2D eigenvalue weighted by Gasteiger charge is 2.34. The first-order valence-electron chi connectivity index (χ1n) is 8.61. The molecule has 2 N–H and O–H groups in total. The third-order valence-electron chi connectivity index (χ3n) is 4.81. The minimum absolute atomic E-state index is 0.0557. The maximum Gasteiger partial charge on any atom is 0.272 e. The van der Waals surface area contributed by atoms with Crippen molar-refractivity contribution in [1.82, 2.24) is 10.6 Å². The molecule has 24 heavy (non-hydrogen) atoms. The van der Waals surface area contributed by atoms with E-state index in [4.69, 9.17) is 4.74 Å². The number of halogens is 2. The minimum Gasteiger partial charge on any atom is -0.488 e. The zero-order valence-electron chi connectivity index (χ0n) is 13.6. The van der Waals surface area contributed by atoms with Crippen LogP contribution in [0.15, 0.2) is 24.3 Å². The van der Waals surface area contributed by atoms with Gasteiger partial charge >= 0.3 is 0 Å². The summed E-state index contributed by atoms with van der Waals surface area (Å²) in [5, 5.41) is 6.50. The van der Waals surface area contributed by atoms with Crippen molar-refractivity contribution >= 4 is 5.91 Å². The van der Waals surface area contributed by atoms with E-state index >= 15 is 0 Å². The molecule has 1 amide bonds. The number of nitrogens with one attached hydrogen (secondary N) is 2. The lowest BCUT2D eigenvalue weighted by molar-refractivity contribution is -0.122. The molecule has 1 aromatic rings. The third kappa shape index (κ3) is 4.90. The molecule has 0 aromatic heterocycles. The van der Waals surface area contributed by atoms with Crippen LogP contribution >= 0.6 is 0 Å². The molecule has 2 atom stereocenters. The summed E-state index contributed by atoms with van der Waals surface area (Å²) in [4.78, 5) is 12.2. The second-order valence-electron chi connectivity index (χ2n) is 6.81. The highest BCUT2D eigenvalue weighted by Crippen LogP contribution is 2.32. The summed E-state index contributed by atoms with van der Waals surface area (Å²) >= 11 is 0. The van der Waals surface area contributed by atoms with Gasteiger partial charge in [-0.05, 0) is 49.3 Å². The molecule has 2 fully saturated rings. The second kappa shape index (κ2) is 7.92. The van der Waals surface area contributed by atoms with E-state index in [-0.39, 0.29) is 5.91 Å². The van der Waals surface area contributed by atoms with Crippen molar-refractivity contribution < 1.29 is 18.3 Å². The van der Waals surface area contributed by atoms with Crippen LogP contribution in [-0.2, 0) is 11.3 Å². The first-order chi connectivity index (χ1) is 11.6. The summed E-state index contributed by atoms with van der Waals surface area (Å²) in [6.07, 6.45) is 2.70. The van der Waals surface area contributed by atoms with Crippen molar-refractivity contribution in [1.29, 1.82) is 0 Å². The van der Waals surface area contributed by atoms with Crippen LogP contribution in [0.3, 0.4) is 0 Å². The lowest BCUT2D eigenvalue weighted by Gasteiger charge is -2.28. The number of piperidine rings is 1. The number of rotatable bonds is 7. The van der Waals surface area contributed by atoms with Gasteiger partial charge in [0.2, 0.25) is 5.91 Å². The number of alkyl halides is 2. The summed E-state index contributed by atoms with van der Waals surface area (Å²) in [5.74, 6) is 0.918. The molecular formula is C18H24F2N2O2. The summed E-state index contributed by atoms with van der Waals surface area (Å²) < 4.78 is 29.3. The largest absolute Gasteiger partial charge is 0.488 e. The maximum absolute atomic E-state index is 12.2. The predicted molar refractivity (Wildman–Crippen MR) is 87.1 cm³/mol. The van der Waals surface area contributed by atoms with Crippen LogP contribution in [-0.4, -0.2) is 31.0 Å². The van der Waals surface area contributed by atoms with E-state index in [1.54, 1.807) is 18.2 Å². The Morgan fingerprint density at radius 3 is 2.75 bits per heavy atom. The Kier molecular flexibility index (Phi) is 5.66. The molecule has 2 bridgehead atoms. The molecule has 4 nitrogen and oxygen atoms in total. The Morgan fingerprint density at radius 1 is 1.29 bits per heavy atom. The summed E-state index contributed by atoms with van der Waals surface area (Å²) in [7, 11) is 0. The van der Waals surface area contributed by atoms with Crippen LogP contribution in [0.1, 0.15) is 37.7 Å². The van der Waals surface area contributed by atoms with Crippen LogP contribution in [0.25, 0.3) is 0 Å². The summed E-state index contributed by atoms with van der Waals surface area (Å²) in [5.41, 5.74) is 0.848. The SMILES string of the molecule is O=C(CC1CC2CCC(C1)N2)NCc1cccc(OCC(F)F)c1. The van der Waals surface area contributed by atoms with Gasteiger partial charge in [0.1, 0.15) is 12.4 Å². The molecule has 2 unspecified atom stereocenters. The van der Waals surface area contributed by atoms with E-state index in [1.807, 2.05) is 6.07 Å². The van der Waals surface area contributed by atoms with E-state index in [0.717, 1.165) is 18.4 Å². The third-order valence-corrected chi connectivity index (χ3v) is 4.81. The average molecular weight is 338 g/mol. The zero-order chi connectivity index (χ0) is 16.9. The molecule has 0 spiro atoms. The Labute approximate surface area is 141 Å². The first-order valence-corrected chi connectivity index (χ1v) is 8.61. The number of fused-ring (bicyclic) bond motifs is 2. The van der Waals surface area contributed by atoms with Gasteiger partial charge < -0.3 is 15.4 Å². The Bertz CT molecular complexity index is 556. The number of hydrogen-bond donors (Lipinski definition) is 2. The lowest BCUT2D eigenvalue weighted by Crippen LogP contribution is -2.39. The van der Waals surface area contributed by atoms with Gasteiger partial charge in [-0.15, -0.1) is 0 Å². The van der Waals surface area contributed by atoms with Crippen molar-refractivity contribution in [2.24, 2.45) is 5.92 Å². The van der Waals surface area contributed by atoms with Gasteiger partial charge in [-0.25, -0.2) is 8.78 Å². The molecule has 2 heterocycles. The number of amides is 1. The van der Waals surface area contributed by atoms with E-state index < -0.39 is 13.0 Å². The zero-order valence-corrected chi connectivity index (χ0v) is 13.6. The van der Waals surface area contributed by atoms with Gasteiger partial charge in [0.25, 0.3) is 6.43 Å². The van der Waals surface area contributed by atoms with Gasteiger partial charge in [0.15, 0.2) is 0 Å². The molecule has 2 aliphatic rings. The van der Waals surface area contributed by atoms with E-state index in [0.29, 0.717) is 36.7 Å². The highest BCUT2D eigenvalue weighted by atomic mass is 19.3. The first kappa shape index (κ1) is 17.1. The fourth-order valence-corrected chi connectivity index (χ4v) is 3.78. The smallest absolute Gasteiger partial charge is 0.272 e. The normalized spacial score (nSPS) is 25.7. The topological polar surface area (TPSA) is 50.4 Å². The molecule has 0 saturated carbocycles. The predicted octanol–water partition coefficient (Wildman–Crippen LogP) is 2.87. The maximum atomic E-state index is 12.2. The van der Waals surface area contributed by atoms with E-state index in [9.17, 15) is 13.6 Å². The molecule has 3 rings (SSSR count). The highest BCUT2D eigenvalue weighted by molar-refractivity contribution is 5.76. The van der Waals surface area contributed by atoms with Crippen molar-refractivity contribution in [3.8, 4) is 5.75 Å². The average Bonchev–Trinajstić information content (AvgIpc) is 2.90. The van der Waals surface area contributed by atoms with Gasteiger partial charge in [0.05, 0.1) is 0 Å². The fourth-order valence-electron chi connectivity index (χ4n) is 3.78. The molecule has 132 valence electrons. The van der Waals surface area contributed by atoms with Crippen LogP contribution < -0.4 is 15.4 Å². The minimum atomic E-state index is -2.49. The van der Waals surface area contributed by atoms with Crippen molar-refractivity contribution in [3.05, 3.63) is 29.8 Å². The standard InChI is InChI=1S/C18H24F2N2O2/c19-17(20)11-24-16-3-1-2-12(8-16)10-21-18(23)9-13-6-14-4-5-15(7-13)22-14/h1-3,8,13-15,17,22H,4-7,9-11H2,(H,21,23). The van der Waals surface area contributed by atoms with Gasteiger partial charge in [-0.1, -0.05) is 12.1 Å². The Hall–Kier alpha value is -1.69. The van der Waals surface area contributed by atoms with Crippen LogP contribution in [0.2, 0.25) is 0 Å². The quantitative estimate of drug-likeness (QED) is 0.804. The van der Waals surface area contributed by atoms with Crippen molar-refractivity contribution in [2.45, 2.75) is 57.2 Å². The van der Waals surface area contributed by atoms with E-state index in [2.05, 4.69) is 10.6 Å². The second-order valence-corrected chi connectivity index (χ2v) is 6.81. The van der Waals surface area contributed by atoms with Crippen LogP contribution in [0.4, 0.5) is 8.78 Å². The number of carbonyl (C=O) groups is 1. The van der Waals surface area contributed by atoms with Crippen molar-refractivity contribution in [3.63, 3.8) is 0 Å². The lowest BCUT2D eigenvalue weighted by atomic mass is 9.89. The Morgan fingerprint density at radius 2 is 2.04 bits per heavy atom. The monoisotopic (exact) mass is 338 g/mol. The van der Waals surface area contributed by atoms with Gasteiger partial charge in [0, 0.05) is 25.0 Å². The molecule has 0 radical (unpaired) electrons. The molecule has 0 aliphatic carbocycles. The number of ether oxygens (including phenoxy) is 1. The van der Waals surface area contributed by atoms with Crippen LogP contribution in [0.5, 0.6) is 5.75 Å². The molecule has 2 aliphatic heterocycles. The molecular weight excluding hydrogens is 314 g/mol. The van der Waals surface area contributed by atoms with Crippen LogP contribution in [0, 0.1) is 5.92 Å². The molecule has 6 heteroatoms.